The SMILES string of the molecule is CCCc1ccc(C)cc1-n1ncc2c1CNCC2. The number of nitrogens with one attached hydrogen (secondary N) is 1. The van der Waals surface area contributed by atoms with Gasteiger partial charge in [-0.1, -0.05) is 25.5 Å². The van der Waals surface area contributed by atoms with Crippen LogP contribution in [-0.4, -0.2) is 16.3 Å². The van der Waals surface area contributed by atoms with E-state index in [0.717, 1.165) is 32.4 Å². The normalized spacial score (nSPS) is 14.4. The molecule has 3 nitrogen and oxygen atoms in total. The van der Waals surface area contributed by atoms with E-state index in [0.29, 0.717) is 0 Å². The van der Waals surface area contributed by atoms with Crippen molar-refractivity contribution in [2.45, 2.75) is 39.7 Å². The largest absolute Gasteiger partial charge is 0.311 e. The standard InChI is InChI=1S/C16H21N3/c1-3-4-13-6-5-12(2)9-15(13)19-16-11-17-8-7-14(16)10-18-19/h5-6,9-10,17H,3-4,7-8,11H2,1-2H3. The van der Waals surface area contributed by atoms with E-state index in [9.17, 15) is 0 Å². The zero-order valence-electron chi connectivity index (χ0n) is 11.7. The highest BCUT2D eigenvalue weighted by molar-refractivity contribution is 5.45. The van der Waals surface area contributed by atoms with Gasteiger partial charge >= 0.3 is 0 Å². The third-order valence-electron chi connectivity index (χ3n) is 3.81. The molecule has 0 bridgehead atoms. The summed E-state index contributed by atoms with van der Waals surface area (Å²) in [5.74, 6) is 0. The van der Waals surface area contributed by atoms with Crippen molar-refractivity contribution in [3.05, 3.63) is 46.8 Å². The first kappa shape index (κ1) is 12.4. The number of hydrogen-bond acceptors (Lipinski definition) is 2. The second kappa shape index (κ2) is 5.17. The van der Waals surface area contributed by atoms with Crippen LogP contribution in [0.1, 0.15) is 35.7 Å². The molecule has 1 N–H and O–H groups in total. The molecule has 0 atom stereocenters. The van der Waals surface area contributed by atoms with Crippen molar-refractivity contribution in [2.75, 3.05) is 6.54 Å². The average molecular weight is 255 g/mol. The summed E-state index contributed by atoms with van der Waals surface area (Å²) in [6.45, 7) is 6.36. The van der Waals surface area contributed by atoms with E-state index in [1.165, 1.54) is 28.1 Å². The Kier molecular flexibility index (Phi) is 3.38. The van der Waals surface area contributed by atoms with Gasteiger partial charge in [-0.05, 0) is 49.1 Å². The van der Waals surface area contributed by atoms with Gasteiger partial charge in [-0.2, -0.15) is 5.10 Å². The fraction of sp³-hybridized carbons (Fsp3) is 0.438. The Morgan fingerprint density at radius 3 is 3.11 bits per heavy atom. The van der Waals surface area contributed by atoms with Gasteiger partial charge in [0.05, 0.1) is 17.6 Å². The number of aryl methyl sites for hydroxylation is 2. The molecule has 100 valence electrons. The van der Waals surface area contributed by atoms with Gasteiger partial charge < -0.3 is 5.32 Å². The number of aromatic nitrogens is 2. The maximum absolute atomic E-state index is 4.63. The fourth-order valence-corrected chi connectivity index (χ4v) is 2.79. The van der Waals surface area contributed by atoms with Crippen molar-refractivity contribution in [3.63, 3.8) is 0 Å². The fourth-order valence-electron chi connectivity index (χ4n) is 2.79. The molecule has 1 aromatic heterocycles. The molecule has 3 heteroatoms. The zero-order valence-corrected chi connectivity index (χ0v) is 11.7. The monoisotopic (exact) mass is 255 g/mol. The van der Waals surface area contributed by atoms with E-state index < -0.39 is 0 Å². The van der Waals surface area contributed by atoms with Crippen LogP contribution in [0.2, 0.25) is 0 Å². The predicted molar refractivity (Wildman–Crippen MR) is 77.7 cm³/mol. The van der Waals surface area contributed by atoms with Crippen molar-refractivity contribution < 1.29 is 0 Å². The van der Waals surface area contributed by atoms with Gasteiger partial charge in [0.2, 0.25) is 0 Å². The molecule has 3 rings (SSSR count). The predicted octanol–water partition coefficient (Wildman–Crippen LogP) is 2.78. The molecule has 1 aromatic carbocycles. The molecule has 2 aromatic rings. The number of rotatable bonds is 3. The van der Waals surface area contributed by atoms with Crippen LogP contribution >= 0.6 is 0 Å². The van der Waals surface area contributed by atoms with Crippen LogP contribution in [0.15, 0.2) is 24.4 Å². The highest BCUT2D eigenvalue weighted by Gasteiger charge is 2.17. The summed E-state index contributed by atoms with van der Waals surface area (Å²) in [6, 6.07) is 6.70. The highest BCUT2D eigenvalue weighted by atomic mass is 15.3. The summed E-state index contributed by atoms with van der Waals surface area (Å²) in [5.41, 5.74) is 6.66. The van der Waals surface area contributed by atoms with Gasteiger partial charge in [0.25, 0.3) is 0 Å². The summed E-state index contributed by atoms with van der Waals surface area (Å²) < 4.78 is 2.14. The summed E-state index contributed by atoms with van der Waals surface area (Å²) >= 11 is 0. The van der Waals surface area contributed by atoms with Crippen LogP contribution in [0.5, 0.6) is 0 Å². The third kappa shape index (κ3) is 2.30. The number of hydrogen-bond donors (Lipinski definition) is 1. The van der Waals surface area contributed by atoms with Crippen molar-refractivity contribution in [1.29, 1.82) is 0 Å². The molecule has 0 saturated carbocycles. The van der Waals surface area contributed by atoms with Crippen LogP contribution in [-0.2, 0) is 19.4 Å². The molecular weight excluding hydrogens is 234 g/mol. The van der Waals surface area contributed by atoms with Crippen LogP contribution in [0.4, 0.5) is 0 Å². The maximum Gasteiger partial charge on any atom is 0.0684 e. The Morgan fingerprint density at radius 1 is 1.37 bits per heavy atom. The zero-order chi connectivity index (χ0) is 13.2. The maximum atomic E-state index is 4.63. The summed E-state index contributed by atoms with van der Waals surface area (Å²) in [5, 5.41) is 8.07. The van der Waals surface area contributed by atoms with E-state index in [1.54, 1.807) is 0 Å². The van der Waals surface area contributed by atoms with E-state index in [2.05, 4.69) is 47.1 Å². The molecule has 0 aliphatic carbocycles. The Hall–Kier alpha value is -1.61. The molecule has 2 heterocycles. The van der Waals surface area contributed by atoms with Crippen molar-refractivity contribution in [3.8, 4) is 5.69 Å². The molecule has 1 aliphatic heterocycles. The van der Waals surface area contributed by atoms with Crippen LogP contribution in [0.25, 0.3) is 5.69 Å². The molecule has 19 heavy (non-hydrogen) atoms. The lowest BCUT2D eigenvalue weighted by atomic mass is 10.0. The molecule has 0 saturated heterocycles. The van der Waals surface area contributed by atoms with Crippen LogP contribution in [0.3, 0.4) is 0 Å². The topological polar surface area (TPSA) is 29.9 Å². The lowest BCUT2D eigenvalue weighted by molar-refractivity contribution is 0.613. The smallest absolute Gasteiger partial charge is 0.0684 e. The molecule has 0 unspecified atom stereocenters. The van der Waals surface area contributed by atoms with E-state index in [4.69, 9.17) is 0 Å². The summed E-state index contributed by atoms with van der Waals surface area (Å²) in [7, 11) is 0. The Morgan fingerprint density at radius 2 is 2.26 bits per heavy atom. The first-order valence-electron chi connectivity index (χ1n) is 7.16. The molecule has 1 aliphatic rings. The summed E-state index contributed by atoms with van der Waals surface area (Å²) in [4.78, 5) is 0. The Bertz CT molecular complexity index is 584. The average Bonchev–Trinajstić information content (AvgIpc) is 2.85. The Balaban J connectivity index is 2.10. The third-order valence-corrected chi connectivity index (χ3v) is 3.81. The minimum Gasteiger partial charge on any atom is -0.311 e. The van der Waals surface area contributed by atoms with Crippen molar-refractivity contribution in [1.82, 2.24) is 15.1 Å². The number of benzene rings is 1. The minimum atomic E-state index is 0.925. The van der Waals surface area contributed by atoms with Gasteiger partial charge in [0.1, 0.15) is 0 Å². The Labute approximate surface area is 114 Å². The second-order valence-corrected chi connectivity index (χ2v) is 5.34. The van der Waals surface area contributed by atoms with E-state index in [-0.39, 0.29) is 0 Å². The van der Waals surface area contributed by atoms with Gasteiger partial charge in [-0.3, -0.25) is 0 Å². The number of fused-ring (bicyclic) bond motifs is 1. The molecule has 0 radical (unpaired) electrons. The van der Waals surface area contributed by atoms with Crippen LogP contribution in [0, 0.1) is 6.92 Å². The summed E-state index contributed by atoms with van der Waals surface area (Å²) in [6.07, 6.45) is 5.40. The first-order valence-corrected chi connectivity index (χ1v) is 7.16. The van der Waals surface area contributed by atoms with Gasteiger partial charge in [-0.25, -0.2) is 4.68 Å². The molecular formula is C16H21N3. The van der Waals surface area contributed by atoms with Gasteiger partial charge in [0.15, 0.2) is 0 Å². The van der Waals surface area contributed by atoms with Gasteiger partial charge in [0, 0.05) is 6.54 Å². The van der Waals surface area contributed by atoms with Gasteiger partial charge in [-0.15, -0.1) is 0 Å². The number of nitrogens with zero attached hydrogens (tertiary/aromatic N) is 2. The first-order chi connectivity index (χ1) is 9.29. The molecule has 0 fully saturated rings. The van der Waals surface area contributed by atoms with E-state index >= 15 is 0 Å². The lowest BCUT2D eigenvalue weighted by Crippen LogP contribution is -2.25. The minimum absolute atomic E-state index is 0.925. The van der Waals surface area contributed by atoms with Crippen molar-refractivity contribution in [2.24, 2.45) is 0 Å². The quantitative estimate of drug-likeness (QED) is 0.914. The highest BCUT2D eigenvalue weighted by Crippen LogP contribution is 2.23. The van der Waals surface area contributed by atoms with Crippen LogP contribution < -0.4 is 5.32 Å². The molecule has 0 amide bonds. The lowest BCUT2D eigenvalue weighted by Gasteiger charge is -2.17. The van der Waals surface area contributed by atoms with Crippen molar-refractivity contribution >= 4 is 0 Å². The second-order valence-electron chi connectivity index (χ2n) is 5.34. The van der Waals surface area contributed by atoms with E-state index in [1.807, 2.05) is 6.20 Å². The molecule has 0 spiro atoms.